The highest BCUT2D eigenvalue weighted by molar-refractivity contribution is 6.07. The van der Waals surface area contributed by atoms with Crippen LogP contribution in [0.2, 0.25) is 0 Å². The maximum absolute atomic E-state index is 12.7. The van der Waals surface area contributed by atoms with Gasteiger partial charge in [0.2, 0.25) is 0 Å². The molecule has 1 N–H and O–H groups in total. The second-order valence-electron chi connectivity index (χ2n) is 8.28. The van der Waals surface area contributed by atoms with E-state index < -0.39 is 16.4 Å². The second-order valence-corrected chi connectivity index (χ2v) is 8.28. The molecule has 8 nitrogen and oxygen atoms in total. The van der Waals surface area contributed by atoms with Gasteiger partial charge in [0.05, 0.1) is 16.9 Å². The first-order valence-electron chi connectivity index (χ1n) is 9.94. The van der Waals surface area contributed by atoms with E-state index in [0.717, 1.165) is 25.9 Å². The maximum Gasteiger partial charge on any atom is 0.293 e. The van der Waals surface area contributed by atoms with E-state index in [9.17, 15) is 19.7 Å². The molecule has 0 bridgehead atoms. The molecule has 2 heterocycles. The number of carbonyl (C=O) groups excluding carboxylic acids is 2. The lowest BCUT2D eigenvalue weighted by atomic mass is 9.93. The molecule has 2 aromatic rings. The molecule has 30 heavy (non-hydrogen) atoms. The lowest BCUT2D eigenvalue weighted by Gasteiger charge is -2.31. The Bertz CT molecular complexity index is 1040. The molecule has 4 rings (SSSR count). The fraction of sp³-hybridized carbons (Fsp3) is 0.364. The molecule has 1 fully saturated rings. The number of hydrogen-bond acceptors (Lipinski definition) is 6. The molecule has 2 aliphatic heterocycles. The number of fused-ring (bicyclic) bond motifs is 1. The predicted octanol–water partition coefficient (Wildman–Crippen LogP) is 4.19. The van der Waals surface area contributed by atoms with Gasteiger partial charge in [0.15, 0.2) is 5.78 Å². The standard InChI is InChI=1S/C22H23N3O5/c1-22(2)13-19(26)16-12-15(6-8-20(16)30-22)23-21(27)14-5-7-17(18(11-14)25(28)29)24-9-3-4-10-24/h5-8,11-12H,3-4,9-10,13H2,1-2H3,(H,23,27). The highest BCUT2D eigenvalue weighted by Gasteiger charge is 2.32. The summed E-state index contributed by atoms with van der Waals surface area (Å²) in [5, 5.41) is 14.3. The third-order valence-electron chi connectivity index (χ3n) is 5.39. The number of ketones is 1. The van der Waals surface area contributed by atoms with Gasteiger partial charge >= 0.3 is 0 Å². The lowest BCUT2D eigenvalue weighted by Crippen LogP contribution is -2.35. The van der Waals surface area contributed by atoms with E-state index in [1.165, 1.54) is 6.07 Å². The number of Topliss-reactive ketones (excluding diaryl/α,β-unsaturated/α-hetero) is 1. The summed E-state index contributed by atoms with van der Waals surface area (Å²) >= 11 is 0. The summed E-state index contributed by atoms with van der Waals surface area (Å²) in [5.74, 6) is -0.0432. The number of nitro benzene ring substituents is 1. The highest BCUT2D eigenvalue weighted by Crippen LogP contribution is 2.35. The zero-order valence-electron chi connectivity index (χ0n) is 16.9. The van der Waals surface area contributed by atoms with Gasteiger partial charge in [-0.15, -0.1) is 0 Å². The molecule has 2 aliphatic rings. The summed E-state index contributed by atoms with van der Waals surface area (Å²) in [6.45, 7) is 5.24. The van der Waals surface area contributed by atoms with Crippen molar-refractivity contribution in [3.05, 3.63) is 57.6 Å². The van der Waals surface area contributed by atoms with Crippen LogP contribution in [0.1, 0.15) is 53.8 Å². The largest absolute Gasteiger partial charge is 0.487 e. The van der Waals surface area contributed by atoms with Gasteiger partial charge < -0.3 is 15.0 Å². The topological polar surface area (TPSA) is 102 Å². The van der Waals surface area contributed by atoms with Crippen LogP contribution in [0.25, 0.3) is 0 Å². The van der Waals surface area contributed by atoms with Crippen LogP contribution in [0.15, 0.2) is 36.4 Å². The Labute approximate surface area is 174 Å². The maximum atomic E-state index is 12.7. The summed E-state index contributed by atoms with van der Waals surface area (Å²) in [6.07, 6.45) is 2.25. The first-order valence-corrected chi connectivity index (χ1v) is 9.94. The van der Waals surface area contributed by atoms with Crippen molar-refractivity contribution in [3.63, 3.8) is 0 Å². The molecular formula is C22H23N3O5. The van der Waals surface area contributed by atoms with Crippen molar-refractivity contribution in [1.82, 2.24) is 0 Å². The van der Waals surface area contributed by atoms with Crippen LogP contribution in [0.5, 0.6) is 5.75 Å². The third-order valence-corrected chi connectivity index (χ3v) is 5.39. The van der Waals surface area contributed by atoms with Gasteiger partial charge in [-0.3, -0.25) is 19.7 Å². The third kappa shape index (κ3) is 3.85. The highest BCUT2D eigenvalue weighted by atomic mass is 16.6. The van der Waals surface area contributed by atoms with Crippen LogP contribution in [-0.2, 0) is 0 Å². The molecule has 2 aromatic carbocycles. The number of carbonyl (C=O) groups is 2. The summed E-state index contributed by atoms with van der Waals surface area (Å²) in [7, 11) is 0. The quantitative estimate of drug-likeness (QED) is 0.600. The minimum absolute atomic E-state index is 0.0528. The minimum Gasteiger partial charge on any atom is -0.487 e. The van der Waals surface area contributed by atoms with Gasteiger partial charge in [0.1, 0.15) is 17.0 Å². The van der Waals surface area contributed by atoms with Gasteiger partial charge in [-0.1, -0.05) is 0 Å². The second kappa shape index (κ2) is 7.44. The fourth-order valence-electron chi connectivity index (χ4n) is 3.97. The SMILES string of the molecule is CC1(C)CC(=O)c2cc(NC(=O)c3ccc(N4CCCC4)c([N+](=O)[O-])c3)ccc2O1. The number of amides is 1. The van der Waals surface area contributed by atoms with Crippen LogP contribution in [0.4, 0.5) is 17.1 Å². The molecule has 0 aromatic heterocycles. The molecule has 0 saturated carbocycles. The normalized spacial score (nSPS) is 17.3. The van der Waals surface area contributed by atoms with Gasteiger partial charge in [0, 0.05) is 30.4 Å². The van der Waals surface area contributed by atoms with Crippen molar-refractivity contribution >= 4 is 28.8 Å². The molecule has 0 spiro atoms. The number of anilines is 2. The van der Waals surface area contributed by atoms with Crippen molar-refractivity contribution in [2.24, 2.45) is 0 Å². The molecule has 0 radical (unpaired) electrons. The molecule has 8 heteroatoms. The average molecular weight is 409 g/mol. The number of nitro groups is 1. The number of hydrogen-bond donors (Lipinski definition) is 1. The Morgan fingerprint density at radius 1 is 1.17 bits per heavy atom. The van der Waals surface area contributed by atoms with Gasteiger partial charge in [-0.2, -0.15) is 0 Å². The molecule has 0 unspecified atom stereocenters. The van der Waals surface area contributed by atoms with E-state index in [2.05, 4.69) is 5.32 Å². The van der Waals surface area contributed by atoms with E-state index in [0.29, 0.717) is 22.7 Å². The zero-order chi connectivity index (χ0) is 21.5. The number of benzene rings is 2. The Hall–Kier alpha value is -3.42. The van der Waals surface area contributed by atoms with E-state index in [-0.39, 0.29) is 23.5 Å². The zero-order valence-corrected chi connectivity index (χ0v) is 16.9. The van der Waals surface area contributed by atoms with Crippen molar-refractivity contribution in [2.75, 3.05) is 23.3 Å². The number of nitrogens with zero attached hydrogens (tertiary/aromatic N) is 2. The first-order chi connectivity index (χ1) is 14.2. The number of nitrogens with one attached hydrogen (secondary N) is 1. The monoisotopic (exact) mass is 409 g/mol. The molecular weight excluding hydrogens is 386 g/mol. The van der Waals surface area contributed by atoms with E-state index in [4.69, 9.17) is 4.74 Å². The van der Waals surface area contributed by atoms with Crippen LogP contribution >= 0.6 is 0 Å². The minimum atomic E-state index is -0.565. The first kappa shape index (κ1) is 19.9. The van der Waals surface area contributed by atoms with Gasteiger partial charge in [0.25, 0.3) is 11.6 Å². The lowest BCUT2D eigenvalue weighted by molar-refractivity contribution is -0.384. The van der Waals surface area contributed by atoms with Crippen molar-refractivity contribution in [3.8, 4) is 5.75 Å². The van der Waals surface area contributed by atoms with Crippen molar-refractivity contribution < 1.29 is 19.2 Å². The Kier molecular flexibility index (Phi) is 4.93. The van der Waals surface area contributed by atoms with E-state index in [1.54, 1.807) is 30.3 Å². The molecule has 1 saturated heterocycles. The Balaban J connectivity index is 1.57. The van der Waals surface area contributed by atoms with Crippen LogP contribution in [-0.4, -0.2) is 35.3 Å². The number of rotatable bonds is 4. The molecule has 0 atom stereocenters. The van der Waals surface area contributed by atoms with Crippen molar-refractivity contribution in [1.29, 1.82) is 0 Å². The fourth-order valence-corrected chi connectivity index (χ4v) is 3.97. The Morgan fingerprint density at radius 3 is 2.60 bits per heavy atom. The molecule has 1 amide bonds. The van der Waals surface area contributed by atoms with Crippen LogP contribution in [0, 0.1) is 10.1 Å². The number of ether oxygens (including phenoxy) is 1. The summed E-state index contributed by atoms with van der Waals surface area (Å²) < 4.78 is 5.83. The predicted molar refractivity (Wildman–Crippen MR) is 113 cm³/mol. The van der Waals surface area contributed by atoms with Crippen LogP contribution in [0.3, 0.4) is 0 Å². The van der Waals surface area contributed by atoms with Crippen LogP contribution < -0.4 is 15.0 Å². The van der Waals surface area contributed by atoms with Gasteiger partial charge in [-0.05, 0) is 57.0 Å². The molecule has 156 valence electrons. The smallest absolute Gasteiger partial charge is 0.293 e. The average Bonchev–Trinajstić information content (AvgIpc) is 3.22. The Morgan fingerprint density at radius 2 is 1.90 bits per heavy atom. The molecule has 0 aliphatic carbocycles. The summed E-state index contributed by atoms with van der Waals surface area (Å²) in [4.78, 5) is 38.2. The van der Waals surface area contributed by atoms with E-state index >= 15 is 0 Å². The summed E-state index contributed by atoms with van der Waals surface area (Å²) in [6, 6.07) is 9.41. The van der Waals surface area contributed by atoms with Crippen molar-refractivity contribution in [2.45, 2.75) is 38.7 Å². The van der Waals surface area contributed by atoms with E-state index in [1.807, 2.05) is 18.7 Å². The summed E-state index contributed by atoms with van der Waals surface area (Å²) in [5.41, 5.74) is 0.925. The van der Waals surface area contributed by atoms with Gasteiger partial charge in [-0.25, -0.2) is 0 Å².